The Labute approximate surface area is 235 Å². The zero-order valence-corrected chi connectivity index (χ0v) is 23.2. The molecule has 4 rings (SSSR count). The number of hydrogen-bond donors (Lipinski definition) is 3. The Kier molecular flexibility index (Phi) is 10.4. The van der Waals surface area contributed by atoms with E-state index in [0.717, 1.165) is 12.0 Å². The highest BCUT2D eigenvalue weighted by molar-refractivity contribution is 6.30. The first kappa shape index (κ1) is 28.7. The largest absolute Gasteiger partial charge is 0.478 e. The van der Waals surface area contributed by atoms with Gasteiger partial charge in [-0.05, 0) is 42.5 Å². The molecule has 1 aliphatic carbocycles. The molecule has 0 aromatic heterocycles. The van der Waals surface area contributed by atoms with Crippen molar-refractivity contribution in [3.63, 3.8) is 0 Å². The average molecular weight is 549 g/mol. The van der Waals surface area contributed by atoms with Crippen LogP contribution in [0.3, 0.4) is 0 Å². The van der Waals surface area contributed by atoms with E-state index >= 15 is 0 Å². The van der Waals surface area contributed by atoms with E-state index in [4.69, 9.17) is 16.3 Å². The smallest absolute Gasteiger partial charge is 0.334 e. The predicted molar refractivity (Wildman–Crippen MR) is 155 cm³/mol. The van der Waals surface area contributed by atoms with E-state index in [9.17, 15) is 14.7 Å². The summed E-state index contributed by atoms with van der Waals surface area (Å²) in [6.07, 6.45) is 11.2. The molecule has 3 N–H and O–H groups in total. The van der Waals surface area contributed by atoms with Crippen LogP contribution in [0.4, 0.5) is 0 Å². The number of nitrogens with one attached hydrogen (secondary N) is 2. The van der Waals surface area contributed by atoms with Crippen LogP contribution in [0, 0.1) is 5.92 Å². The summed E-state index contributed by atoms with van der Waals surface area (Å²) >= 11 is 6.30. The van der Waals surface area contributed by atoms with Crippen LogP contribution in [0.15, 0.2) is 83.2 Å². The lowest BCUT2D eigenvalue weighted by atomic mass is 9.80. The van der Waals surface area contributed by atoms with Gasteiger partial charge in [-0.1, -0.05) is 98.3 Å². The van der Waals surface area contributed by atoms with Gasteiger partial charge in [-0.25, -0.2) is 4.79 Å². The van der Waals surface area contributed by atoms with E-state index in [1.807, 2.05) is 48.6 Å². The Bertz CT molecular complexity index is 1250. The lowest BCUT2D eigenvalue weighted by Crippen LogP contribution is -2.38. The van der Waals surface area contributed by atoms with Crippen LogP contribution in [-0.2, 0) is 14.3 Å². The highest BCUT2D eigenvalue weighted by atomic mass is 35.5. The number of rotatable bonds is 11. The molecule has 1 fully saturated rings. The van der Waals surface area contributed by atoms with Crippen molar-refractivity contribution < 1.29 is 19.4 Å². The van der Waals surface area contributed by atoms with E-state index in [2.05, 4.69) is 10.6 Å². The van der Waals surface area contributed by atoms with Gasteiger partial charge in [0, 0.05) is 23.9 Å². The van der Waals surface area contributed by atoms with E-state index in [0.29, 0.717) is 46.6 Å². The number of carbonyl (C=O) groups is 2. The van der Waals surface area contributed by atoms with E-state index in [1.165, 1.54) is 32.1 Å². The molecule has 2 aliphatic rings. The van der Waals surface area contributed by atoms with Crippen molar-refractivity contribution in [1.82, 2.24) is 10.6 Å². The number of carbonyl (C=O) groups excluding carboxylic acids is 1. The minimum atomic E-state index is -1.09. The van der Waals surface area contributed by atoms with Crippen molar-refractivity contribution in [1.29, 1.82) is 0 Å². The first-order chi connectivity index (χ1) is 18.9. The van der Waals surface area contributed by atoms with Crippen LogP contribution >= 0.6 is 11.6 Å². The van der Waals surface area contributed by atoms with Gasteiger partial charge in [0.2, 0.25) is 5.91 Å². The first-order valence-corrected chi connectivity index (χ1v) is 14.1. The third-order valence-electron chi connectivity index (χ3n) is 7.43. The fourth-order valence-electron chi connectivity index (χ4n) is 5.49. The summed E-state index contributed by atoms with van der Waals surface area (Å²) in [5, 5.41) is 16.8. The Hall–Kier alpha value is -3.35. The summed E-state index contributed by atoms with van der Waals surface area (Å²) in [6.45, 7) is 2.80. The third kappa shape index (κ3) is 7.84. The number of dihydropyridines is 1. The molecular formula is C32H37ClN2O4. The summed E-state index contributed by atoms with van der Waals surface area (Å²) in [4.78, 5) is 26.1. The van der Waals surface area contributed by atoms with Crippen LogP contribution in [0.25, 0.3) is 6.08 Å². The summed E-state index contributed by atoms with van der Waals surface area (Å²) in [5.41, 5.74) is 3.19. The molecule has 0 radical (unpaired) electrons. The number of benzene rings is 2. The Morgan fingerprint density at radius 2 is 1.85 bits per heavy atom. The van der Waals surface area contributed by atoms with Crippen molar-refractivity contribution in [2.45, 2.75) is 51.4 Å². The van der Waals surface area contributed by atoms with Crippen molar-refractivity contribution in [2.75, 3.05) is 19.8 Å². The number of halogens is 1. The molecule has 0 saturated heterocycles. The fourth-order valence-corrected chi connectivity index (χ4v) is 5.69. The maximum atomic E-state index is 13.7. The molecule has 206 valence electrons. The van der Waals surface area contributed by atoms with Gasteiger partial charge in [0.15, 0.2) is 0 Å². The van der Waals surface area contributed by atoms with Gasteiger partial charge in [-0.2, -0.15) is 0 Å². The summed E-state index contributed by atoms with van der Waals surface area (Å²) in [5.74, 6) is -1.54. The summed E-state index contributed by atoms with van der Waals surface area (Å²) < 4.78 is 6.08. The van der Waals surface area contributed by atoms with Crippen molar-refractivity contribution in [2.24, 2.45) is 5.92 Å². The topological polar surface area (TPSA) is 87.7 Å². The summed E-state index contributed by atoms with van der Waals surface area (Å²) in [6, 6.07) is 16.9. The van der Waals surface area contributed by atoms with Crippen molar-refractivity contribution >= 4 is 29.6 Å². The Morgan fingerprint density at radius 3 is 2.56 bits per heavy atom. The quantitative estimate of drug-likeness (QED) is 0.281. The van der Waals surface area contributed by atoms with Gasteiger partial charge in [0.25, 0.3) is 0 Å². The minimum Gasteiger partial charge on any atom is -0.478 e. The molecule has 1 amide bonds. The van der Waals surface area contributed by atoms with E-state index in [1.54, 1.807) is 25.1 Å². The molecule has 6 nitrogen and oxygen atoms in total. The van der Waals surface area contributed by atoms with Gasteiger partial charge in [-0.3, -0.25) is 4.79 Å². The number of hydrogen-bond acceptors (Lipinski definition) is 4. The SMILES string of the molecule is CC1=C(C(=O)O)C(c2cccc(Cl)c2)C(C(=O)NC/C=C/c2ccccc2)=C(COCCC2CCCCC2)N1. The second-order valence-corrected chi connectivity index (χ2v) is 10.7. The first-order valence-electron chi connectivity index (χ1n) is 13.7. The van der Waals surface area contributed by atoms with Gasteiger partial charge >= 0.3 is 5.97 Å². The highest BCUT2D eigenvalue weighted by Gasteiger charge is 2.37. The highest BCUT2D eigenvalue weighted by Crippen LogP contribution is 2.39. The molecule has 0 spiro atoms. The van der Waals surface area contributed by atoms with Crippen LogP contribution in [0.1, 0.15) is 62.5 Å². The molecule has 1 aliphatic heterocycles. The number of ether oxygens (including phenoxy) is 1. The molecular weight excluding hydrogens is 512 g/mol. The molecule has 1 atom stereocenters. The number of amides is 1. The summed E-state index contributed by atoms with van der Waals surface area (Å²) in [7, 11) is 0. The fraction of sp³-hybridized carbons (Fsp3) is 0.375. The Balaban J connectivity index is 1.58. The van der Waals surface area contributed by atoms with Crippen molar-refractivity contribution in [3.05, 3.63) is 99.4 Å². The maximum absolute atomic E-state index is 13.7. The van der Waals surface area contributed by atoms with Crippen LogP contribution in [0.2, 0.25) is 5.02 Å². The van der Waals surface area contributed by atoms with Crippen LogP contribution in [0.5, 0.6) is 0 Å². The maximum Gasteiger partial charge on any atom is 0.334 e. The van der Waals surface area contributed by atoms with E-state index < -0.39 is 11.9 Å². The number of carboxylic acids is 1. The second-order valence-electron chi connectivity index (χ2n) is 10.2. The zero-order valence-electron chi connectivity index (χ0n) is 22.4. The van der Waals surface area contributed by atoms with Crippen LogP contribution < -0.4 is 10.6 Å². The molecule has 7 heteroatoms. The molecule has 2 aromatic rings. The second kappa shape index (κ2) is 14.2. The lowest BCUT2D eigenvalue weighted by Gasteiger charge is -2.31. The predicted octanol–water partition coefficient (Wildman–Crippen LogP) is 6.46. The Morgan fingerprint density at radius 1 is 1.08 bits per heavy atom. The van der Waals surface area contributed by atoms with Crippen molar-refractivity contribution in [3.8, 4) is 0 Å². The normalized spacial score (nSPS) is 18.4. The zero-order chi connectivity index (χ0) is 27.6. The standard InChI is InChI=1S/C32H37ClN2O4/c1-22-28(32(37)38)29(25-15-8-16-26(33)20-25)30(31(36)34-18-9-14-23-10-4-2-5-11-23)27(35-22)21-39-19-17-24-12-6-3-7-13-24/h2,4-5,8-11,14-16,20,24,29,35H,3,6-7,12-13,17-19,21H2,1H3,(H,34,36)(H,37,38)/b14-9+. The molecule has 1 heterocycles. The molecule has 1 unspecified atom stereocenters. The average Bonchev–Trinajstić information content (AvgIpc) is 2.94. The lowest BCUT2D eigenvalue weighted by molar-refractivity contribution is -0.133. The minimum absolute atomic E-state index is 0.119. The monoisotopic (exact) mass is 548 g/mol. The van der Waals surface area contributed by atoms with Gasteiger partial charge in [0.05, 0.1) is 29.4 Å². The third-order valence-corrected chi connectivity index (χ3v) is 7.67. The van der Waals surface area contributed by atoms with Gasteiger partial charge in [-0.15, -0.1) is 0 Å². The molecule has 0 bridgehead atoms. The number of allylic oxidation sites excluding steroid dienone is 1. The molecule has 2 aromatic carbocycles. The molecule has 39 heavy (non-hydrogen) atoms. The molecule has 1 saturated carbocycles. The number of aliphatic carboxylic acids is 1. The van der Waals surface area contributed by atoms with E-state index in [-0.39, 0.29) is 18.1 Å². The van der Waals surface area contributed by atoms with Gasteiger partial charge < -0.3 is 20.5 Å². The van der Waals surface area contributed by atoms with Gasteiger partial charge in [0.1, 0.15) is 0 Å². The van der Waals surface area contributed by atoms with Crippen LogP contribution in [-0.4, -0.2) is 36.7 Å². The number of carboxylic acid groups (broad SMARTS) is 1.